The summed E-state index contributed by atoms with van der Waals surface area (Å²) in [7, 11) is 0. The molecule has 0 bridgehead atoms. The Bertz CT molecular complexity index is 161. The molecule has 2 rings (SSSR count). The third-order valence-corrected chi connectivity index (χ3v) is 1.85. The standard InChI is InChI=1S/C8H12NO2/c1-3-7(9-4-1)8-10-5-2-6-11-8/h3,8H,1-2,4-6H2. The summed E-state index contributed by atoms with van der Waals surface area (Å²) in [6.45, 7) is 2.51. The van der Waals surface area contributed by atoms with Gasteiger partial charge in [-0.25, -0.2) is 0 Å². The first kappa shape index (κ1) is 7.13. The van der Waals surface area contributed by atoms with Crippen LogP contribution in [0.25, 0.3) is 0 Å². The van der Waals surface area contributed by atoms with E-state index in [9.17, 15) is 0 Å². The topological polar surface area (TPSA) is 32.6 Å². The molecule has 2 heterocycles. The first-order valence-corrected chi connectivity index (χ1v) is 4.07. The van der Waals surface area contributed by atoms with Crippen LogP contribution in [0.2, 0.25) is 0 Å². The largest absolute Gasteiger partial charge is 0.347 e. The van der Waals surface area contributed by atoms with Crippen LogP contribution in [0.4, 0.5) is 0 Å². The fourth-order valence-corrected chi connectivity index (χ4v) is 1.30. The molecule has 11 heavy (non-hydrogen) atoms. The van der Waals surface area contributed by atoms with E-state index in [0.29, 0.717) is 0 Å². The minimum Gasteiger partial charge on any atom is -0.347 e. The maximum absolute atomic E-state index is 5.38. The van der Waals surface area contributed by atoms with Crippen molar-refractivity contribution in [2.45, 2.75) is 19.1 Å². The molecule has 0 aromatic heterocycles. The Morgan fingerprint density at radius 1 is 1.36 bits per heavy atom. The van der Waals surface area contributed by atoms with Crippen LogP contribution >= 0.6 is 0 Å². The zero-order valence-corrected chi connectivity index (χ0v) is 6.45. The highest BCUT2D eigenvalue weighted by atomic mass is 16.7. The lowest BCUT2D eigenvalue weighted by atomic mass is 10.3. The number of nitrogens with zero attached hydrogens (tertiary/aromatic N) is 1. The van der Waals surface area contributed by atoms with Crippen LogP contribution in [0.15, 0.2) is 11.8 Å². The Morgan fingerprint density at radius 2 is 2.18 bits per heavy atom. The van der Waals surface area contributed by atoms with Crippen molar-refractivity contribution in [3.63, 3.8) is 0 Å². The zero-order chi connectivity index (χ0) is 7.52. The first-order chi connectivity index (χ1) is 5.47. The van der Waals surface area contributed by atoms with Gasteiger partial charge in [-0.05, 0) is 12.8 Å². The third kappa shape index (κ3) is 1.54. The van der Waals surface area contributed by atoms with Gasteiger partial charge < -0.3 is 9.47 Å². The van der Waals surface area contributed by atoms with Crippen molar-refractivity contribution in [1.29, 1.82) is 0 Å². The minimum atomic E-state index is -0.161. The fourth-order valence-electron chi connectivity index (χ4n) is 1.30. The molecular weight excluding hydrogens is 142 g/mol. The van der Waals surface area contributed by atoms with E-state index in [1.54, 1.807) is 0 Å². The molecule has 0 aromatic carbocycles. The van der Waals surface area contributed by atoms with Gasteiger partial charge in [0, 0.05) is 6.54 Å². The maximum atomic E-state index is 5.38. The summed E-state index contributed by atoms with van der Waals surface area (Å²) in [6, 6.07) is 0. The average molecular weight is 154 g/mol. The van der Waals surface area contributed by atoms with Gasteiger partial charge in [0.05, 0.1) is 18.9 Å². The van der Waals surface area contributed by atoms with Crippen LogP contribution in [0.3, 0.4) is 0 Å². The number of hydrogen-bond donors (Lipinski definition) is 0. The van der Waals surface area contributed by atoms with Gasteiger partial charge >= 0.3 is 0 Å². The predicted octanol–water partition coefficient (Wildman–Crippen LogP) is 0.641. The quantitative estimate of drug-likeness (QED) is 0.555. The van der Waals surface area contributed by atoms with E-state index in [1.165, 1.54) is 0 Å². The van der Waals surface area contributed by atoms with Crippen LogP contribution in [0, 0.1) is 0 Å². The normalized spacial score (nSPS) is 26.4. The molecule has 2 aliphatic heterocycles. The lowest BCUT2D eigenvalue weighted by Gasteiger charge is -2.23. The van der Waals surface area contributed by atoms with E-state index in [0.717, 1.165) is 38.3 Å². The number of rotatable bonds is 1. The molecule has 0 N–H and O–H groups in total. The average Bonchev–Trinajstić information content (AvgIpc) is 2.58. The van der Waals surface area contributed by atoms with Crippen molar-refractivity contribution in [1.82, 2.24) is 5.32 Å². The molecular formula is C8H12NO2. The van der Waals surface area contributed by atoms with Gasteiger partial charge in [-0.2, -0.15) is 0 Å². The fraction of sp³-hybridized carbons (Fsp3) is 0.750. The second kappa shape index (κ2) is 3.24. The predicted molar refractivity (Wildman–Crippen MR) is 40.0 cm³/mol. The number of ether oxygens (including phenoxy) is 2. The molecule has 3 heteroatoms. The third-order valence-electron chi connectivity index (χ3n) is 1.85. The zero-order valence-electron chi connectivity index (χ0n) is 6.45. The second-order valence-electron chi connectivity index (χ2n) is 2.73. The SMILES string of the molecule is C1=C(C2OCCCO2)[N]CC1. The van der Waals surface area contributed by atoms with Gasteiger partial charge in [-0.15, -0.1) is 0 Å². The smallest absolute Gasteiger partial charge is 0.200 e. The molecule has 2 aliphatic rings. The number of hydrogen-bond acceptors (Lipinski definition) is 2. The van der Waals surface area contributed by atoms with E-state index in [1.807, 2.05) is 0 Å². The summed E-state index contributed by atoms with van der Waals surface area (Å²) < 4.78 is 10.8. The Kier molecular flexibility index (Phi) is 2.10. The van der Waals surface area contributed by atoms with Crippen LogP contribution in [-0.2, 0) is 9.47 Å². The minimum absolute atomic E-state index is 0.161. The summed E-state index contributed by atoms with van der Waals surface area (Å²) in [5.74, 6) is 0. The summed E-state index contributed by atoms with van der Waals surface area (Å²) in [5.41, 5.74) is 0.990. The lowest BCUT2D eigenvalue weighted by Crippen LogP contribution is -2.28. The summed E-state index contributed by atoms with van der Waals surface area (Å²) in [4.78, 5) is 0. The molecule has 0 spiro atoms. The van der Waals surface area contributed by atoms with E-state index < -0.39 is 0 Å². The Balaban J connectivity index is 1.92. The Morgan fingerprint density at radius 3 is 2.82 bits per heavy atom. The van der Waals surface area contributed by atoms with Gasteiger partial charge in [-0.1, -0.05) is 6.08 Å². The van der Waals surface area contributed by atoms with Gasteiger partial charge in [0.15, 0.2) is 6.29 Å². The molecule has 0 atom stereocenters. The van der Waals surface area contributed by atoms with E-state index in [2.05, 4.69) is 11.4 Å². The monoisotopic (exact) mass is 154 g/mol. The van der Waals surface area contributed by atoms with E-state index >= 15 is 0 Å². The molecule has 61 valence electrons. The molecule has 1 saturated heterocycles. The molecule has 1 fully saturated rings. The van der Waals surface area contributed by atoms with Crippen LogP contribution in [-0.4, -0.2) is 26.0 Å². The second-order valence-corrected chi connectivity index (χ2v) is 2.73. The molecule has 1 radical (unpaired) electrons. The van der Waals surface area contributed by atoms with Crippen molar-refractivity contribution in [2.24, 2.45) is 0 Å². The summed E-state index contributed by atoms with van der Waals surface area (Å²) in [5, 5.41) is 4.27. The highest BCUT2D eigenvalue weighted by Crippen LogP contribution is 2.16. The van der Waals surface area contributed by atoms with Gasteiger partial charge in [0.25, 0.3) is 0 Å². The molecule has 0 saturated carbocycles. The molecule has 0 aromatic rings. The first-order valence-electron chi connectivity index (χ1n) is 4.07. The van der Waals surface area contributed by atoms with Crippen molar-refractivity contribution in [3.8, 4) is 0 Å². The van der Waals surface area contributed by atoms with Crippen molar-refractivity contribution >= 4 is 0 Å². The van der Waals surface area contributed by atoms with Gasteiger partial charge in [0.2, 0.25) is 0 Å². The molecule has 0 aliphatic carbocycles. The van der Waals surface area contributed by atoms with E-state index in [-0.39, 0.29) is 6.29 Å². The van der Waals surface area contributed by atoms with Crippen molar-refractivity contribution in [2.75, 3.05) is 19.8 Å². The maximum Gasteiger partial charge on any atom is 0.200 e. The van der Waals surface area contributed by atoms with Crippen molar-refractivity contribution in [3.05, 3.63) is 11.8 Å². The highest BCUT2D eigenvalue weighted by Gasteiger charge is 2.21. The van der Waals surface area contributed by atoms with E-state index in [4.69, 9.17) is 9.47 Å². The molecule has 3 nitrogen and oxygen atoms in total. The molecule has 0 amide bonds. The molecule has 0 unspecified atom stereocenters. The van der Waals surface area contributed by atoms with Crippen molar-refractivity contribution < 1.29 is 9.47 Å². The Labute approximate surface area is 66.4 Å². The Hall–Kier alpha value is -0.540. The summed E-state index contributed by atoms with van der Waals surface area (Å²) >= 11 is 0. The lowest BCUT2D eigenvalue weighted by molar-refractivity contribution is -0.158. The van der Waals surface area contributed by atoms with Crippen LogP contribution < -0.4 is 5.32 Å². The van der Waals surface area contributed by atoms with Gasteiger partial charge in [-0.3, -0.25) is 5.32 Å². The van der Waals surface area contributed by atoms with Gasteiger partial charge in [0.1, 0.15) is 0 Å². The van der Waals surface area contributed by atoms with Crippen LogP contribution in [0.1, 0.15) is 12.8 Å². The summed E-state index contributed by atoms with van der Waals surface area (Å²) in [6.07, 6.45) is 3.98. The van der Waals surface area contributed by atoms with Crippen LogP contribution in [0.5, 0.6) is 0 Å². The highest BCUT2D eigenvalue weighted by molar-refractivity contribution is 5.08.